The first-order valence-electron chi connectivity index (χ1n) is 6.18. The molecule has 2 rings (SSSR count). The van der Waals surface area contributed by atoms with Gasteiger partial charge in [-0.2, -0.15) is 0 Å². The van der Waals surface area contributed by atoms with E-state index < -0.39 is 11.9 Å². The van der Waals surface area contributed by atoms with Gasteiger partial charge in [0.1, 0.15) is 5.75 Å². The fourth-order valence-corrected chi connectivity index (χ4v) is 1.88. The van der Waals surface area contributed by atoms with Gasteiger partial charge in [-0.3, -0.25) is 4.79 Å². The Labute approximate surface area is 121 Å². The molecule has 0 unspecified atom stereocenters. The largest absolute Gasteiger partial charge is 0.497 e. The van der Waals surface area contributed by atoms with Gasteiger partial charge < -0.3 is 19.7 Å². The summed E-state index contributed by atoms with van der Waals surface area (Å²) < 4.78 is 5.06. The molecule has 7 nitrogen and oxygen atoms in total. The SMILES string of the molecule is COc1ccc(CN(C)C(=O)c2nc[nH]c2C(=O)O)cc1. The molecule has 0 aliphatic rings. The number of hydrogen-bond acceptors (Lipinski definition) is 4. The summed E-state index contributed by atoms with van der Waals surface area (Å²) in [5.74, 6) is -0.939. The highest BCUT2D eigenvalue weighted by Crippen LogP contribution is 2.14. The zero-order valence-electron chi connectivity index (χ0n) is 11.7. The number of aromatic nitrogens is 2. The average molecular weight is 289 g/mol. The first-order valence-corrected chi connectivity index (χ1v) is 6.18. The summed E-state index contributed by atoms with van der Waals surface area (Å²) in [6, 6.07) is 7.27. The Kier molecular flexibility index (Phi) is 4.22. The molecule has 1 aromatic carbocycles. The molecule has 0 bridgehead atoms. The molecule has 0 aliphatic carbocycles. The molecular formula is C14H15N3O4. The minimum atomic E-state index is -1.21. The Balaban J connectivity index is 2.11. The number of carbonyl (C=O) groups is 2. The number of amides is 1. The molecule has 1 amide bonds. The Morgan fingerprint density at radius 2 is 2.00 bits per heavy atom. The summed E-state index contributed by atoms with van der Waals surface area (Å²) in [6.45, 7) is 0.342. The lowest BCUT2D eigenvalue weighted by Gasteiger charge is -2.16. The number of carbonyl (C=O) groups excluding carboxylic acids is 1. The van der Waals surface area contributed by atoms with E-state index in [0.717, 1.165) is 11.3 Å². The Hall–Kier alpha value is -2.83. The van der Waals surface area contributed by atoms with Crippen LogP contribution in [0, 0.1) is 0 Å². The van der Waals surface area contributed by atoms with Gasteiger partial charge in [-0.05, 0) is 17.7 Å². The van der Waals surface area contributed by atoms with Gasteiger partial charge in [-0.15, -0.1) is 0 Å². The topological polar surface area (TPSA) is 95.5 Å². The van der Waals surface area contributed by atoms with E-state index in [1.165, 1.54) is 11.2 Å². The van der Waals surface area contributed by atoms with Crippen LogP contribution in [0.4, 0.5) is 0 Å². The van der Waals surface area contributed by atoms with E-state index >= 15 is 0 Å². The molecule has 0 fully saturated rings. The number of aromatic carboxylic acids is 1. The molecule has 0 radical (unpaired) electrons. The fourth-order valence-electron chi connectivity index (χ4n) is 1.88. The third-order valence-corrected chi connectivity index (χ3v) is 2.98. The third kappa shape index (κ3) is 3.19. The van der Waals surface area contributed by atoms with Gasteiger partial charge in [0.25, 0.3) is 5.91 Å². The number of methoxy groups -OCH3 is 1. The van der Waals surface area contributed by atoms with Crippen LogP contribution in [0.1, 0.15) is 26.5 Å². The lowest BCUT2D eigenvalue weighted by Crippen LogP contribution is -2.28. The highest BCUT2D eigenvalue weighted by Gasteiger charge is 2.22. The normalized spacial score (nSPS) is 10.2. The highest BCUT2D eigenvalue weighted by molar-refractivity contribution is 6.02. The molecule has 0 aliphatic heterocycles. The molecule has 110 valence electrons. The van der Waals surface area contributed by atoms with Crippen molar-refractivity contribution in [3.8, 4) is 5.75 Å². The maximum Gasteiger partial charge on any atom is 0.354 e. The lowest BCUT2D eigenvalue weighted by molar-refractivity contribution is 0.0674. The number of hydrogen-bond donors (Lipinski definition) is 2. The number of benzene rings is 1. The van der Waals surface area contributed by atoms with Gasteiger partial charge in [0.05, 0.1) is 13.4 Å². The number of H-pyrrole nitrogens is 1. The van der Waals surface area contributed by atoms with Crippen LogP contribution in [0.3, 0.4) is 0 Å². The molecule has 0 saturated carbocycles. The molecule has 1 heterocycles. The van der Waals surface area contributed by atoms with Crippen LogP contribution in [-0.2, 0) is 6.54 Å². The summed E-state index contributed by atoms with van der Waals surface area (Å²) >= 11 is 0. The second-order valence-electron chi connectivity index (χ2n) is 4.44. The number of aromatic amines is 1. The van der Waals surface area contributed by atoms with Gasteiger partial charge in [-0.1, -0.05) is 12.1 Å². The fraction of sp³-hybridized carbons (Fsp3) is 0.214. The van der Waals surface area contributed by atoms with Crippen molar-refractivity contribution in [2.45, 2.75) is 6.54 Å². The summed E-state index contributed by atoms with van der Waals surface area (Å²) in [6.07, 6.45) is 1.19. The molecule has 21 heavy (non-hydrogen) atoms. The molecule has 0 spiro atoms. The Bertz CT molecular complexity index is 648. The molecule has 2 N–H and O–H groups in total. The van der Waals surface area contributed by atoms with E-state index in [4.69, 9.17) is 9.84 Å². The first kappa shape index (κ1) is 14.6. The van der Waals surface area contributed by atoms with Crippen LogP contribution in [0.15, 0.2) is 30.6 Å². The maximum absolute atomic E-state index is 12.2. The number of carboxylic acids is 1. The molecule has 0 saturated heterocycles. The first-order chi connectivity index (χ1) is 10.0. The number of ether oxygens (including phenoxy) is 1. The average Bonchev–Trinajstić information content (AvgIpc) is 2.96. The molecule has 0 atom stereocenters. The monoisotopic (exact) mass is 289 g/mol. The van der Waals surface area contributed by atoms with Crippen LogP contribution in [0.2, 0.25) is 0 Å². The van der Waals surface area contributed by atoms with Crippen molar-refractivity contribution in [3.63, 3.8) is 0 Å². The van der Waals surface area contributed by atoms with E-state index in [-0.39, 0.29) is 11.4 Å². The summed E-state index contributed by atoms with van der Waals surface area (Å²) in [5, 5.41) is 8.98. The van der Waals surface area contributed by atoms with Gasteiger partial charge in [0, 0.05) is 13.6 Å². The van der Waals surface area contributed by atoms with E-state index in [0.29, 0.717) is 6.54 Å². The van der Waals surface area contributed by atoms with Crippen molar-refractivity contribution in [3.05, 3.63) is 47.5 Å². The zero-order chi connectivity index (χ0) is 15.4. The van der Waals surface area contributed by atoms with Crippen molar-refractivity contribution in [1.29, 1.82) is 0 Å². The smallest absolute Gasteiger partial charge is 0.354 e. The van der Waals surface area contributed by atoms with Crippen LogP contribution >= 0.6 is 0 Å². The van der Waals surface area contributed by atoms with Crippen molar-refractivity contribution in [2.75, 3.05) is 14.2 Å². The van der Waals surface area contributed by atoms with E-state index in [9.17, 15) is 9.59 Å². The molecule has 7 heteroatoms. The predicted molar refractivity (Wildman–Crippen MR) is 74.3 cm³/mol. The highest BCUT2D eigenvalue weighted by atomic mass is 16.5. The van der Waals surface area contributed by atoms with Crippen LogP contribution in [-0.4, -0.2) is 46.0 Å². The predicted octanol–water partition coefficient (Wildman–Crippen LogP) is 1.39. The molecule has 1 aromatic heterocycles. The van der Waals surface area contributed by atoms with Crippen LogP contribution < -0.4 is 4.74 Å². The van der Waals surface area contributed by atoms with E-state index in [2.05, 4.69) is 9.97 Å². The second-order valence-corrected chi connectivity index (χ2v) is 4.44. The van der Waals surface area contributed by atoms with Gasteiger partial charge >= 0.3 is 5.97 Å². The Morgan fingerprint density at radius 1 is 1.33 bits per heavy atom. The van der Waals surface area contributed by atoms with E-state index in [1.54, 1.807) is 26.3 Å². The number of carboxylic acid groups (broad SMARTS) is 1. The maximum atomic E-state index is 12.2. The summed E-state index contributed by atoms with van der Waals surface area (Å²) in [5.41, 5.74) is 0.596. The number of nitrogens with one attached hydrogen (secondary N) is 1. The molecular weight excluding hydrogens is 274 g/mol. The molecule has 2 aromatic rings. The number of nitrogens with zero attached hydrogens (tertiary/aromatic N) is 2. The van der Waals surface area contributed by atoms with Gasteiger partial charge in [0.15, 0.2) is 11.4 Å². The van der Waals surface area contributed by atoms with Crippen molar-refractivity contribution < 1.29 is 19.4 Å². The van der Waals surface area contributed by atoms with E-state index in [1.807, 2.05) is 12.1 Å². The zero-order valence-corrected chi connectivity index (χ0v) is 11.7. The van der Waals surface area contributed by atoms with Gasteiger partial charge in [0.2, 0.25) is 0 Å². The van der Waals surface area contributed by atoms with Crippen molar-refractivity contribution in [1.82, 2.24) is 14.9 Å². The number of imidazole rings is 1. The van der Waals surface area contributed by atoms with Gasteiger partial charge in [-0.25, -0.2) is 9.78 Å². The van der Waals surface area contributed by atoms with Crippen LogP contribution in [0.5, 0.6) is 5.75 Å². The van der Waals surface area contributed by atoms with Crippen LogP contribution in [0.25, 0.3) is 0 Å². The summed E-state index contributed by atoms with van der Waals surface area (Å²) in [7, 11) is 3.17. The van der Waals surface area contributed by atoms with Crippen molar-refractivity contribution >= 4 is 11.9 Å². The lowest BCUT2D eigenvalue weighted by atomic mass is 10.2. The Morgan fingerprint density at radius 3 is 2.57 bits per heavy atom. The standard InChI is InChI=1S/C14H15N3O4/c1-17(7-9-3-5-10(21-2)6-4-9)13(18)11-12(14(19)20)16-8-15-11/h3-6,8H,7H2,1-2H3,(H,15,16)(H,19,20). The minimum Gasteiger partial charge on any atom is -0.497 e. The second kappa shape index (κ2) is 6.08. The number of rotatable bonds is 5. The third-order valence-electron chi connectivity index (χ3n) is 2.98. The van der Waals surface area contributed by atoms with Crippen molar-refractivity contribution in [2.24, 2.45) is 0 Å². The minimum absolute atomic E-state index is 0.0986. The quantitative estimate of drug-likeness (QED) is 0.867. The summed E-state index contributed by atoms with van der Waals surface area (Å²) in [4.78, 5) is 30.8.